The Kier molecular flexibility index (Phi) is 5.74. The zero-order chi connectivity index (χ0) is 19.3. The van der Waals surface area contributed by atoms with Crippen LogP contribution in [0.1, 0.15) is 11.1 Å². The van der Waals surface area contributed by atoms with Crippen LogP contribution in [0, 0.1) is 6.92 Å². The van der Waals surface area contributed by atoms with Crippen LogP contribution in [0.3, 0.4) is 0 Å². The molecule has 142 valence electrons. The van der Waals surface area contributed by atoms with Crippen LogP contribution in [0.5, 0.6) is 0 Å². The third kappa shape index (κ3) is 3.96. The molecule has 0 saturated carbocycles. The molecule has 3 aromatic carbocycles. The van der Waals surface area contributed by atoms with Crippen LogP contribution in [0.4, 0.5) is 0 Å². The van der Waals surface area contributed by atoms with Gasteiger partial charge in [-0.2, -0.15) is 0 Å². The number of ether oxygens (including phenoxy) is 1. The van der Waals surface area contributed by atoms with E-state index in [9.17, 15) is 0 Å². The molecule has 0 atom stereocenters. The minimum Gasteiger partial charge on any atom is -0.383 e. The van der Waals surface area contributed by atoms with Crippen LogP contribution in [-0.2, 0) is 17.0 Å². The van der Waals surface area contributed by atoms with Gasteiger partial charge in [0.05, 0.1) is 13.2 Å². The lowest BCUT2D eigenvalue weighted by atomic mass is 10.1. The Morgan fingerprint density at radius 2 is 1.79 bits per heavy atom. The summed E-state index contributed by atoms with van der Waals surface area (Å²) >= 11 is 1.72. The van der Waals surface area contributed by atoms with Crippen molar-refractivity contribution < 1.29 is 4.74 Å². The molecule has 0 spiro atoms. The standard InChI is InChI=1S/C23H23N3OS/c1-17-7-5-10-19(15-17)22-24-25-23(26(22)13-14-27-2)28-16-20-11-6-9-18-8-3-4-12-21(18)20/h3-12,15H,13-14,16H2,1-2H3. The van der Waals surface area contributed by atoms with Crippen molar-refractivity contribution in [1.29, 1.82) is 0 Å². The molecule has 1 aromatic heterocycles. The van der Waals surface area contributed by atoms with E-state index in [0.29, 0.717) is 6.61 Å². The number of methoxy groups -OCH3 is 1. The lowest BCUT2D eigenvalue weighted by Crippen LogP contribution is -2.07. The largest absolute Gasteiger partial charge is 0.383 e. The van der Waals surface area contributed by atoms with E-state index in [0.717, 1.165) is 28.8 Å². The second kappa shape index (κ2) is 8.59. The third-order valence-corrected chi connectivity index (χ3v) is 5.76. The monoisotopic (exact) mass is 389 g/mol. The highest BCUT2D eigenvalue weighted by Crippen LogP contribution is 2.29. The molecule has 4 nitrogen and oxygen atoms in total. The minimum atomic E-state index is 0.624. The normalized spacial score (nSPS) is 11.2. The Hall–Kier alpha value is -2.63. The molecule has 0 bridgehead atoms. The summed E-state index contributed by atoms with van der Waals surface area (Å²) in [5, 5.41) is 12.5. The summed E-state index contributed by atoms with van der Waals surface area (Å²) in [7, 11) is 1.72. The molecule has 0 radical (unpaired) electrons. The fraction of sp³-hybridized carbons (Fsp3) is 0.217. The summed E-state index contributed by atoms with van der Waals surface area (Å²) in [5.41, 5.74) is 3.60. The first kappa shape index (κ1) is 18.7. The third-order valence-electron chi connectivity index (χ3n) is 4.75. The van der Waals surface area contributed by atoms with Crippen LogP contribution in [-0.4, -0.2) is 28.5 Å². The molecule has 1 heterocycles. The molecular formula is C23H23N3OS. The van der Waals surface area contributed by atoms with E-state index in [4.69, 9.17) is 4.74 Å². The number of rotatable bonds is 7. The lowest BCUT2D eigenvalue weighted by molar-refractivity contribution is 0.185. The Labute approximate surface area is 169 Å². The van der Waals surface area contributed by atoms with Crippen molar-refractivity contribution in [3.63, 3.8) is 0 Å². The fourth-order valence-electron chi connectivity index (χ4n) is 3.34. The van der Waals surface area contributed by atoms with Crippen LogP contribution >= 0.6 is 11.8 Å². The maximum absolute atomic E-state index is 5.32. The van der Waals surface area contributed by atoms with Crippen LogP contribution in [0.15, 0.2) is 71.9 Å². The fourth-order valence-corrected chi connectivity index (χ4v) is 4.31. The Bertz CT molecular complexity index is 1080. The maximum atomic E-state index is 5.32. The van der Waals surface area contributed by atoms with Gasteiger partial charge in [0.1, 0.15) is 0 Å². The molecule has 0 unspecified atom stereocenters. The summed E-state index contributed by atoms with van der Waals surface area (Å²) in [6.45, 7) is 3.44. The van der Waals surface area contributed by atoms with E-state index in [1.807, 2.05) is 0 Å². The SMILES string of the molecule is COCCn1c(SCc2cccc3ccccc23)nnc1-c1cccc(C)c1. The summed E-state index contributed by atoms with van der Waals surface area (Å²) in [4.78, 5) is 0. The van der Waals surface area contributed by atoms with Crippen LogP contribution in [0.2, 0.25) is 0 Å². The van der Waals surface area contributed by atoms with Gasteiger partial charge in [0, 0.05) is 18.4 Å². The van der Waals surface area contributed by atoms with Crippen molar-refractivity contribution >= 4 is 22.5 Å². The molecule has 0 aliphatic carbocycles. The molecule has 0 amide bonds. The predicted molar refractivity (Wildman–Crippen MR) is 116 cm³/mol. The van der Waals surface area contributed by atoms with Crippen LogP contribution in [0.25, 0.3) is 22.2 Å². The zero-order valence-corrected chi connectivity index (χ0v) is 16.9. The first-order chi connectivity index (χ1) is 13.8. The van der Waals surface area contributed by atoms with Gasteiger partial charge in [-0.25, -0.2) is 0 Å². The van der Waals surface area contributed by atoms with Gasteiger partial charge in [-0.3, -0.25) is 4.57 Å². The van der Waals surface area contributed by atoms with Gasteiger partial charge in [0.25, 0.3) is 0 Å². The highest BCUT2D eigenvalue weighted by Gasteiger charge is 2.15. The second-order valence-electron chi connectivity index (χ2n) is 6.75. The van der Waals surface area contributed by atoms with E-state index in [1.165, 1.54) is 21.9 Å². The van der Waals surface area contributed by atoms with Gasteiger partial charge in [-0.15, -0.1) is 10.2 Å². The van der Waals surface area contributed by atoms with Crippen molar-refractivity contribution in [1.82, 2.24) is 14.8 Å². The number of hydrogen-bond donors (Lipinski definition) is 0. The molecule has 0 aliphatic rings. The molecule has 5 heteroatoms. The number of nitrogens with zero attached hydrogens (tertiary/aromatic N) is 3. The number of hydrogen-bond acceptors (Lipinski definition) is 4. The molecule has 4 aromatic rings. The van der Waals surface area contributed by atoms with Gasteiger partial charge in [-0.1, -0.05) is 78.0 Å². The Morgan fingerprint density at radius 1 is 0.964 bits per heavy atom. The quantitative estimate of drug-likeness (QED) is 0.400. The minimum absolute atomic E-state index is 0.624. The highest BCUT2D eigenvalue weighted by atomic mass is 32.2. The van der Waals surface area contributed by atoms with Gasteiger partial charge >= 0.3 is 0 Å². The van der Waals surface area contributed by atoms with Gasteiger partial charge in [-0.05, 0) is 29.3 Å². The lowest BCUT2D eigenvalue weighted by Gasteiger charge is -2.11. The van der Waals surface area contributed by atoms with Crippen molar-refractivity contribution in [3.05, 3.63) is 77.9 Å². The van der Waals surface area contributed by atoms with Crippen molar-refractivity contribution in [2.45, 2.75) is 24.4 Å². The molecular weight excluding hydrogens is 366 g/mol. The van der Waals surface area contributed by atoms with E-state index in [-0.39, 0.29) is 0 Å². The molecule has 0 aliphatic heterocycles. The number of aromatic nitrogens is 3. The second-order valence-corrected chi connectivity index (χ2v) is 7.69. The number of thioether (sulfide) groups is 1. The molecule has 28 heavy (non-hydrogen) atoms. The zero-order valence-electron chi connectivity index (χ0n) is 16.1. The Morgan fingerprint density at radius 3 is 2.64 bits per heavy atom. The molecule has 0 N–H and O–H groups in total. The van der Waals surface area contributed by atoms with Crippen molar-refractivity contribution in [2.24, 2.45) is 0 Å². The summed E-state index contributed by atoms with van der Waals surface area (Å²) in [5.74, 6) is 1.74. The average molecular weight is 390 g/mol. The van der Waals surface area contributed by atoms with E-state index in [2.05, 4.69) is 88.4 Å². The Balaban J connectivity index is 1.64. The van der Waals surface area contributed by atoms with E-state index >= 15 is 0 Å². The van der Waals surface area contributed by atoms with Crippen LogP contribution < -0.4 is 0 Å². The molecule has 0 saturated heterocycles. The topological polar surface area (TPSA) is 39.9 Å². The molecule has 0 fully saturated rings. The average Bonchev–Trinajstić information content (AvgIpc) is 3.13. The van der Waals surface area contributed by atoms with Gasteiger partial charge < -0.3 is 4.74 Å². The van der Waals surface area contributed by atoms with E-state index in [1.54, 1.807) is 18.9 Å². The summed E-state index contributed by atoms with van der Waals surface area (Å²) < 4.78 is 7.48. The summed E-state index contributed by atoms with van der Waals surface area (Å²) in [6.07, 6.45) is 0. The van der Waals surface area contributed by atoms with Gasteiger partial charge in [0.15, 0.2) is 11.0 Å². The number of fused-ring (bicyclic) bond motifs is 1. The van der Waals surface area contributed by atoms with E-state index < -0.39 is 0 Å². The predicted octanol–water partition coefficient (Wildman–Crippen LogP) is 5.35. The smallest absolute Gasteiger partial charge is 0.191 e. The maximum Gasteiger partial charge on any atom is 0.191 e. The first-order valence-corrected chi connectivity index (χ1v) is 10.3. The first-order valence-electron chi connectivity index (χ1n) is 9.35. The number of aryl methyl sites for hydroxylation is 1. The van der Waals surface area contributed by atoms with Crippen molar-refractivity contribution in [3.8, 4) is 11.4 Å². The number of benzene rings is 3. The van der Waals surface area contributed by atoms with Crippen molar-refractivity contribution in [2.75, 3.05) is 13.7 Å². The summed E-state index contributed by atoms with van der Waals surface area (Å²) in [6, 6.07) is 23.3. The highest BCUT2D eigenvalue weighted by molar-refractivity contribution is 7.98. The molecule has 4 rings (SSSR count). The van der Waals surface area contributed by atoms with Gasteiger partial charge in [0.2, 0.25) is 0 Å².